The molecule has 1 saturated carbocycles. The third-order valence-corrected chi connectivity index (χ3v) is 5.59. The molecule has 1 amide bonds. The van der Waals surface area contributed by atoms with Crippen molar-refractivity contribution in [1.29, 1.82) is 0 Å². The monoisotopic (exact) mass is 397 g/mol. The van der Waals surface area contributed by atoms with Crippen LogP contribution in [0.5, 0.6) is 5.75 Å². The lowest BCUT2D eigenvalue weighted by molar-refractivity contribution is -0.127. The highest BCUT2D eigenvalue weighted by Gasteiger charge is 2.30. The minimum absolute atomic E-state index is 0. The molecule has 142 valence electrons. The number of carbonyl (C=O) groups excluding carboxylic acids is 1. The molecule has 3 rings (SSSR count). The highest BCUT2D eigenvalue weighted by atomic mass is 35.5. The molecule has 0 aliphatic heterocycles. The summed E-state index contributed by atoms with van der Waals surface area (Å²) in [6.07, 6.45) is 3.09. The van der Waals surface area contributed by atoms with Gasteiger partial charge in [0.15, 0.2) is 0 Å². The average molecular weight is 398 g/mol. The standard InChI is InChI=1S/C18H23N3O3S.ClH/c1-24-13-4-2-3-12(7-13)18-21-10-14(25-18)9-20-17(23)11-5-6-16(22)15(19)8-11;/h2-4,7,10-11,15-16,22H,5-6,8-9,19H2,1H3,(H,20,23);1H/t11-,15+,16+;/m0./s1. The molecular formula is C18H24ClN3O3S. The second-order valence-electron chi connectivity index (χ2n) is 6.32. The zero-order valence-electron chi connectivity index (χ0n) is 14.6. The maximum absolute atomic E-state index is 12.3. The number of rotatable bonds is 5. The molecule has 0 unspecified atom stereocenters. The van der Waals surface area contributed by atoms with Crippen molar-refractivity contribution in [2.24, 2.45) is 11.7 Å². The van der Waals surface area contributed by atoms with Crippen molar-refractivity contribution >= 4 is 29.7 Å². The Kier molecular flexibility index (Phi) is 7.40. The highest BCUT2D eigenvalue weighted by molar-refractivity contribution is 7.15. The van der Waals surface area contributed by atoms with Crippen LogP contribution in [0.2, 0.25) is 0 Å². The Balaban J connectivity index is 0.00000243. The van der Waals surface area contributed by atoms with Crippen LogP contribution in [0.3, 0.4) is 0 Å². The molecule has 26 heavy (non-hydrogen) atoms. The van der Waals surface area contributed by atoms with Gasteiger partial charge >= 0.3 is 0 Å². The number of ether oxygens (including phenoxy) is 1. The molecule has 1 aromatic carbocycles. The Labute approximate surface area is 163 Å². The molecule has 3 atom stereocenters. The van der Waals surface area contributed by atoms with Crippen LogP contribution in [0.4, 0.5) is 0 Å². The minimum atomic E-state index is -0.490. The van der Waals surface area contributed by atoms with Gasteiger partial charge in [-0.2, -0.15) is 0 Å². The molecule has 0 spiro atoms. The van der Waals surface area contributed by atoms with E-state index in [0.717, 1.165) is 21.2 Å². The quantitative estimate of drug-likeness (QED) is 0.719. The van der Waals surface area contributed by atoms with Crippen molar-refractivity contribution in [2.45, 2.75) is 38.0 Å². The van der Waals surface area contributed by atoms with E-state index in [9.17, 15) is 9.90 Å². The third kappa shape index (κ3) is 4.94. The third-order valence-electron chi connectivity index (χ3n) is 4.54. The number of hydrogen-bond donors (Lipinski definition) is 3. The zero-order valence-corrected chi connectivity index (χ0v) is 16.2. The lowest BCUT2D eigenvalue weighted by Crippen LogP contribution is -2.44. The molecule has 1 aliphatic carbocycles. The van der Waals surface area contributed by atoms with Gasteiger partial charge in [0.05, 0.1) is 19.8 Å². The number of aliphatic hydroxyl groups is 1. The van der Waals surface area contributed by atoms with E-state index in [4.69, 9.17) is 10.5 Å². The van der Waals surface area contributed by atoms with Crippen molar-refractivity contribution in [2.75, 3.05) is 7.11 Å². The summed E-state index contributed by atoms with van der Waals surface area (Å²) in [4.78, 5) is 17.7. The SMILES string of the molecule is COc1cccc(-c2ncc(CNC(=O)[C@H]3CC[C@@H](O)[C@H](N)C3)s2)c1.Cl. The van der Waals surface area contributed by atoms with E-state index in [1.54, 1.807) is 24.6 Å². The molecule has 1 fully saturated rings. The number of halogens is 1. The summed E-state index contributed by atoms with van der Waals surface area (Å²) in [5.41, 5.74) is 6.85. The molecule has 0 radical (unpaired) electrons. The van der Waals surface area contributed by atoms with Crippen LogP contribution in [-0.4, -0.2) is 35.3 Å². The van der Waals surface area contributed by atoms with Crippen LogP contribution in [-0.2, 0) is 11.3 Å². The Morgan fingerprint density at radius 2 is 2.27 bits per heavy atom. The van der Waals surface area contributed by atoms with E-state index in [-0.39, 0.29) is 30.3 Å². The maximum Gasteiger partial charge on any atom is 0.223 e. The number of aliphatic hydroxyl groups excluding tert-OH is 1. The summed E-state index contributed by atoms with van der Waals surface area (Å²) in [5.74, 6) is 0.668. The first kappa shape index (κ1) is 20.6. The lowest BCUT2D eigenvalue weighted by Gasteiger charge is -2.29. The van der Waals surface area contributed by atoms with Gasteiger partial charge in [0.1, 0.15) is 10.8 Å². The number of methoxy groups -OCH3 is 1. The number of aromatic nitrogens is 1. The van der Waals surface area contributed by atoms with Crippen molar-refractivity contribution in [3.63, 3.8) is 0 Å². The van der Waals surface area contributed by atoms with Crippen LogP contribution in [0, 0.1) is 5.92 Å². The van der Waals surface area contributed by atoms with Crippen molar-refractivity contribution < 1.29 is 14.6 Å². The summed E-state index contributed by atoms with van der Waals surface area (Å²) in [7, 11) is 1.64. The second-order valence-corrected chi connectivity index (χ2v) is 7.44. The topological polar surface area (TPSA) is 97.5 Å². The van der Waals surface area contributed by atoms with Gasteiger partial charge in [0.25, 0.3) is 0 Å². The van der Waals surface area contributed by atoms with Crippen molar-refractivity contribution in [3.8, 4) is 16.3 Å². The van der Waals surface area contributed by atoms with Crippen LogP contribution in [0.25, 0.3) is 10.6 Å². The molecule has 1 heterocycles. The summed E-state index contributed by atoms with van der Waals surface area (Å²) < 4.78 is 5.24. The summed E-state index contributed by atoms with van der Waals surface area (Å²) in [6.45, 7) is 0.453. The Morgan fingerprint density at radius 3 is 3.00 bits per heavy atom. The number of thiazole rings is 1. The molecule has 1 aromatic heterocycles. The summed E-state index contributed by atoms with van der Waals surface area (Å²) in [5, 5.41) is 13.5. The van der Waals surface area contributed by atoms with E-state index in [1.165, 1.54) is 0 Å². The van der Waals surface area contributed by atoms with Gasteiger partial charge in [-0.25, -0.2) is 4.98 Å². The number of hydrogen-bond acceptors (Lipinski definition) is 6. The van der Waals surface area contributed by atoms with E-state index in [1.807, 2.05) is 24.3 Å². The lowest BCUT2D eigenvalue weighted by atomic mass is 9.84. The van der Waals surface area contributed by atoms with Crippen molar-refractivity contribution in [3.05, 3.63) is 35.3 Å². The largest absolute Gasteiger partial charge is 0.497 e. The number of carbonyl (C=O) groups is 1. The predicted octanol–water partition coefficient (Wildman–Crippen LogP) is 2.35. The van der Waals surface area contributed by atoms with Crippen LogP contribution in [0.1, 0.15) is 24.1 Å². The Bertz CT molecular complexity index is 740. The predicted molar refractivity (Wildman–Crippen MR) is 105 cm³/mol. The zero-order chi connectivity index (χ0) is 17.8. The van der Waals surface area contributed by atoms with E-state index < -0.39 is 6.10 Å². The fourth-order valence-electron chi connectivity index (χ4n) is 3.02. The van der Waals surface area contributed by atoms with Gasteiger partial charge in [-0.15, -0.1) is 23.7 Å². The van der Waals surface area contributed by atoms with Gasteiger partial charge in [-0.1, -0.05) is 12.1 Å². The fourth-order valence-corrected chi connectivity index (χ4v) is 3.87. The van der Waals surface area contributed by atoms with Gasteiger partial charge in [0.2, 0.25) is 5.91 Å². The van der Waals surface area contributed by atoms with E-state index in [2.05, 4.69) is 10.3 Å². The first-order valence-corrected chi connectivity index (χ1v) is 9.19. The maximum atomic E-state index is 12.3. The van der Waals surface area contributed by atoms with Gasteiger partial charge in [-0.3, -0.25) is 4.79 Å². The van der Waals surface area contributed by atoms with Gasteiger partial charge < -0.3 is 20.9 Å². The minimum Gasteiger partial charge on any atom is -0.497 e. The Morgan fingerprint density at radius 1 is 1.46 bits per heavy atom. The first-order chi connectivity index (χ1) is 12.1. The van der Waals surface area contributed by atoms with Gasteiger partial charge in [-0.05, 0) is 31.4 Å². The number of nitrogens with zero attached hydrogens (tertiary/aromatic N) is 1. The van der Waals surface area contributed by atoms with Crippen LogP contribution >= 0.6 is 23.7 Å². The first-order valence-electron chi connectivity index (χ1n) is 8.37. The number of nitrogens with one attached hydrogen (secondary N) is 1. The van der Waals surface area contributed by atoms with Crippen LogP contribution in [0.15, 0.2) is 30.5 Å². The van der Waals surface area contributed by atoms with E-state index in [0.29, 0.717) is 25.8 Å². The highest BCUT2D eigenvalue weighted by Crippen LogP contribution is 2.28. The average Bonchev–Trinajstić information content (AvgIpc) is 3.11. The smallest absolute Gasteiger partial charge is 0.223 e. The molecule has 0 saturated heterocycles. The molecule has 2 aromatic rings. The molecule has 6 nitrogen and oxygen atoms in total. The molecular weight excluding hydrogens is 374 g/mol. The number of amides is 1. The molecule has 1 aliphatic rings. The fraction of sp³-hybridized carbons (Fsp3) is 0.444. The number of benzene rings is 1. The second kappa shape index (κ2) is 9.32. The molecule has 4 N–H and O–H groups in total. The molecule has 0 bridgehead atoms. The summed E-state index contributed by atoms with van der Waals surface area (Å²) >= 11 is 1.55. The van der Waals surface area contributed by atoms with Gasteiger partial charge in [0, 0.05) is 28.6 Å². The summed E-state index contributed by atoms with van der Waals surface area (Å²) in [6, 6.07) is 7.43. The number of nitrogens with two attached hydrogens (primary N) is 1. The Hall–Kier alpha value is -1.67. The normalized spacial score (nSPS) is 22.3. The van der Waals surface area contributed by atoms with E-state index >= 15 is 0 Å². The van der Waals surface area contributed by atoms with Crippen LogP contribution < -0.4 is 15.8 Å². The van der Waals surface area contributed by atoms with Crippen molar-refractivity contribution in [1.82, 2.24) is 10.3 Å². The molecule has 8 heteroatoms.